The molecule has 3 aromatic rings. The van der Waals surface area contributed by atoms with Crippen molar-refractivity contribution in [2.45, 2.75) is 58.4 Å². The molecular formula is C34H41N3O5. The summed E-state index contributed by atoms with van der Waals surface area (Å²) >= 11 is 0. The molecule has 1 N–H and O–H groups in total. The zero-order chi connectivity index (χ0) is 29.2. The number of hydrogen-bond acceptors (Lipinski definition) is 7. The van der Waals surface area contributed by atoms with Crippen molar-refractivity contribution in [1.82, 2.24) is 9.88 Å². The number of carbonyl (C=O) groups is 1. The van der Waals surface area contributed by atoms with Crippen molar-refractivity contribution in [3.05, 3.63) is 76.3 Å². The van der Waals surface area contributed by atoms with E-state index in [1.54, 1.807) is 7.11 Å². The van der Waals surface area contributed by atoms with Crippen LogP contribution >= 0.6 is 0 Å². The van der Waals surface area contributed by atoms with Crippen LogP contribution in [-0.4, -0.2) is 73.1 Å². The van der Waals surface area contributed by atoms with Gasteiger partial charge in [0.2, 0.25) is 0 Å². The molecule has 1 aromatic heterocycles. The lowest BCUT2D eigenvalue weighted by Crippen LogP contribution is -2.47. The Morgan fingerprint density at radius 3 is 2.79 bits per heavy atom. The summed E-state index contributed by atoms with van der Waals surface area (Å²) in [5.74, 6) is 0.307. The molecule has 4 heterocycles. The van der Waals surface area contributed by atoms with Crippen LogP contribution in [0, 0.1) is 19.8 Å². The molecule has 2 fully saturated rings. The number of piperidine rings is 1. The molecule has 2 aromatic carbocycles. The summed E-state index contributed by atoms with van der Waals surface area (Å²) in [6, 6.07) is 17.4. The molecule has 0 saturated carbocycles. The smallest absolute Gasteiger partial charge is 0.309 e. The number of nitrogens with zero attached hydrogens (tertiary/aromatic N) is 3. The second-order valence-corrected chi connectivity index (χ2v) is 11.9. The van der Waals surface area contributed by atoms with E-state index in [-0.39, 0.29) is 6.10 Å². The molecule has 3 aliphatic heterocycles. The van der Waals surface area contributed by atoms with E-state index in [2.05, 4.69) is 47.9 Å². The minimum Gasteiger partial charge on any atom is -0.488 e. The van der Waals surface area contributed by atoms with Crippen LogP contribution in [0.3, 0.4) is 0 Å². The predicted molar refractivity (Wildman–Crippen MR) is 162 cm³/mol. The van der Waals surface area contributed by atoms with Crippen LogP contribution in [0.25, 0.3) is 11.3 Å². The molecule has 0 amide bonds. The highest BCUT2D eigenvalue weighted by atomic mass is 16.5. The highest BCUT2D eigenvalue weighted by Crippen LogP contribution is 2.34. The number of carboxylic acid groups (broad SMARTS) is 1. The Bertz CT molecular complexity index is 1440. The van der Waals surface area contributed by atoms with Gasteiger partial charge < -0.3 is 24.2 Å². The van der Waals surface area contributed by atoms with Crippen LogP contribution in [0.4, 0.5) is 5.82 Å². The first-order valence-electron chi connectivity index (χ1n) is 15.0. The van der Waals surface area contributed by atoms with E-state index in [0.717, 1.165) is 67.5 Å². The van der Waals surface area contributed by atoms with Gasteiger partial charge in [0.1, 0.15) is 18.2 Å². The lowest BCUT2D eigenvalue weighted by atomic mass is 9.92. The quantitative estimate of drug-likeness (QED) is 0.404. The van der Waals surface area contributed by atoms with Gasteiger partial charge in [-0.15, -0.1) is 0 Å². The number of carboxylic acids is 1. The van der Waals surface area contributed by atoms with E-state index in [9.17, 15) is 9.90 Å². The Balaban J connectivity index is 1.19. The zero-order valence-electron chi connectivity index (χ0n) is 24.8. The number of aryl methyl sites for hydroxylation is 2. The summed E-state index contributed by atoms with van der Waals surface area (Å²) in [6.07, 6.45) is 2.33. The molecule has 8 nitrogen and oxygen atoms in total. The summed E-state index contributed by atoms with van der Waals surface area (Å²) in [5, 5.41) is 9.57. The predicted octanol–water partition coefficient (Wildman–Crippen LogP) is 5.02. The fraction of sp³-hybridized carbons (Fsp3) is 0.471. The third kappa shape index (κ3) is 6.02. The molecule has 0 spiro atoms. The minimum atomic E-state index is -0.806. The van der Waals surface area contributed by atoms with Gasteiger partial charge in [0.25, 0.3) is 0 Å². The molecule has 0 bridgehead atoms. The second-order valence-electron chi connectivity index (χ2n) is 11.9. The van der Waals surface area contributed by atoms with Gasteiger partial charge in [-0.3, -0.25) is 9.69 Å². The van der Waals surface area contributed by atoms with Crippen molar-refractivity contribution in [1.29, 1.82) is 0 Å². The molecule has 0 aliphatic carbocycles. The van der Waals surface area contributed by atoms with Crippen molar-refractivity contribution < 1.29 is 24.1 Å². The van der Waals surface area contributed by atoms with Crippen LogP contribution in [0.1, 0.15) is 40.7 Å². The van der Waals surface area contributed by atoms with Crippen molar-refractivity contribution in [3.63, 3.8) is 0 Å². The number of benzene rings is 2. The van der Waals surface area contributed by atoms with Crippen LogP contribution in [0.5, 0.6) is 5.75 Å². The van der Waals surface area contributed by atoms with Crippen LogP contribution in [0.15, 0.2) is 48.5 Å². The summed E-state index contributed by atoms with van der Waals surface area (Å²) < 4.78 is 17.6. The Hall–Kier alpha value is -3.46. The van der Waals surface area contributed by atoms with Gasteiger partial charge in [0.15, 0.2) is 0 Å². The molecule has 1 unspecified atom stereocenters. The third-order valence-corrected chi connectivity index (χ3v) is 9.12. The Kier molecular flexibility index (Phi) is 8.47. The normalized spacial score (nSPS) is 22.6. The molecule has 2 saturated heterocycles. The SMILES string of the molecule is CO[C@@H]1CN(c2cccc(-c3cc(C)ccc3OCc3cc(C)c4c(c3)CCN(C3CCOC3)C4)n2)CC[C@@H]1C(=O)O. The average molecular weight is 572 g/mol. The molecule has 0 radical (unpaired) electrons. The maximum atomic E-state index is 11.7. The summed E-state index contributed by atoms with van der Waals surface area (Å²) in [5.41, 5.74) is 8.31. The van der Waals surface area contributed by atoms with E-state index in [4.69, 9.17) is 19.2 Å². The maximum absolute atomic E-state index is 11.7. The second kappa shape index (κ2) is 12.4. The first-order chi connectivity index (χ1) is 20.4. The number of rotatable bonds is 8. The number of aromatic nitrogens is 1. The van der Waals surface area contributed by atoms with E-state index >= 15 is 0 Å². The first-order valence-corrected chi connectivity index (χ1v) is 15.0. The van der Waals surface area contributed by atoms with Gasteiger partial charge in [0, 0.05) is 51.5 Å². The Morgan fingerprint density at radius 1 is 1.12 bits per heavy atom. The highest BCUT2D eigenvalue weighted by molar-refractivity contribution is 5.72. The van der Waals surface area contributed by atoms with Crippen molar-refractivity contribution >= 4 is 11.8 Å². The lowest BCUT2D eigenvalue weighted by Gasteiger charge is -2.36. The number of ether oxygens (including phenoxy) is 3. The summed E-state index contributed by atoms with van der Waals surface area (Å²) in [7, 11) is 1.58. The van der Waals surface area contributed by atoms with Gasteiger partial charge in [0.05, 0.1) is 24.3 Å². The molecule has 42 heavy (non-hydrogen) atoms. The van der Waals surface area contributed by atoms with Gasteiger partial charge in [-0.2, -0.15) is 0 Å². The number of fused-ring (bicyclic) bond motifs is 1. The molecule has 3 aliphatic rings. The van der Waals surface area contributed by atoms with E-state index in [1.807, 2.05) is 24.3 Å². The summed E-state index contributed by atoms with van der Waals surface area (Å²) in [6.45, 7) is 9.70. The highest BCUT2D eigenvalue weighted by Gasteiger charge is 2.35. The minimum absolute atomic E-state index is 0.376. The van der Waals surface area contributed by atoms with Crippen molar-refractivity contribution in [3.8, 4) is 17.0 Å². The van der Waals surface area contributed by atoms with Crippen molar-refractivity contribution in [2.24, 2.45) is 5.92 Å². The first kappa shape index (κ1) is 28.6. The van der Waals surface area contributed by atoms with Crippen LogP contribution < -0.4 is 9.64 Å². The van der Waals surface area contributed by atoms with Crippen LogP contribution in [-0.2, 0) is 33.8 Å². The monoisotopic (exact) mass is 571 g/mol. The van der Waals surface area contributed by atoms with Gasteiger partial charge >= 0.3 is 5.97 Å². The fourth-order valence-corrected chi connectivity index (χ4v) is 6.70. The molecule has 3 atom stereocenters. The zero-order valence-corrected chi connectivity index (χ0v) is 24.8. The largest absolute Gasteiger partial charge is 0.488 e. The third-order valence-electron chi connectivity index (χ3n) is 9.12. The molecule has 8 heteroatoms. The lowest BCUT2D eigenvalue weighted by molar-refractivity contribution is -0.147. The number of aliphatic carboxylic acids is 1. The molecular weight excluding hydrogens is 530 g/mol. The van der Waals surface area contributed by atoms with Gasteiger partial charge in [-0.1, -0.05) is 29.8 Å². The number of hydrogen-bond donors (Lipinski definition) is 1. The van der Waals surface area contributed by atoms with Gasteiger partial charge in [-0.05, 0) is 79.6 Å². The number of methoxy groups -OCH3 is 1. The average Bonchev–Trinajstić information content (AvgIpc) is 3.55. The van der Waals surface area contributed by atoms with E-state index in [1.165, 1.54) is 22.3 Å². The fourth-order valence-electron chi connectivity index (χ4n) is 6.70. The molecule has 222 valence electrons. The van der Waals surface area contributed by atoms with Gasteiger partial charge in [-0.25, -0.2) is 4.98 Å². The topological polar surface area (TPSA) is 84.4 Å². The van der Waals surface area contributed by atoms with Crippen molar-refractivity contribution in [2.75, 3.05) is 44.9 Å². The van der Waals surface area contributed by atoms with E-state index < -0.39 is 11.9 Å². The summed E-state index contributed by atoms with van der Waals surface area (Å²) in [4.78, 5) is 21.4. The van der Waals surface area contributed by atoms with E-state index in [0.29, 0.717) is 32.2 Å². The number of anilines is 1. The standard InChI is InChI=1S/C34H41N3O5/c1-22-7-8-31(42-20-24-16-23(2)29-18-36(12-9-25(29)17-24)26-11-14-41-21-26)28(15-22)30-5-4-6-33(35-30)37-13-10-27(34(38)39)32(19-37)40-3/h4-8,15-17,26-27,32H,9-14,18-21H2,1-3H3,(H,38,39)/t26?,27-,32+/m0/s1. The Labute approximate surface area is 248 Å². The number of pyridine rings is 1. The Morgan fingerprint density at radius 2 is 2.00 bits per heavy atom. The maximum Gasteiger partial charge on any atom is 0.309 e. The van der Waals surface area contributed by atoms with Crippen LogP contribution in [0.2, 0.25) is 0 Å². The molecule has 6 rings (SSSR count).